The minimum atomic E-state index is -0.364. The van der Waals surface area contributed by atoms with E-state index in [0.29, 0.717) is 28.3 Å². The maximum absolute atomic E-state index is 12.6. The lowest BCUT2D eigenvalue weighted by Gasteiger charge is -2.20. The van der Waals surface area contributed by atoms with Gasteiger partial charge in [0.25, 0.3) is 5.91 Å². The van der Waals surface area contributed by atoms with Gasteiger partial charge < -0.3 is 15.6 Å². The maximum Gasteiger partial charge on any atom is 0.255 e. The van der Waals surface area contributed by atoms with Gasteiger partial charge >= 0.3 is 0 Å². The summed E-state index contributed by atoms with van der Waals surface area (Å²) in [5.74, 6) is 0.123. The Morgan fingerprint density at radius 3 is 2.55 bits per heavy atom. The molecule has 3 aromatic rings. The minimum absolute atomic E-state index is 0.223. The Morgan fingerprint density at radius 2 is 1.93 bits per heavy atom. The lowest BCUT2D eigenvalue weighted by Crippen LogP contribution is -2.40. The number of aromatic amines is 1. The average molecular weight is 393 g/mol. The molecule has 29 heavy (non-hydrogen) atoms. The molecule has 0 aliphatic rings. The number of fused-ring (bicyclic) bond motifs is 1. The lowest BCUT2D eigenvalue weighted by molar-refractivity contribution is 0.0921. The monoisotopic (exact) mass is 392 g/mol. The summed E-state index contributed by atoms with van der Waals surface area (Å²) in [5, 5.41) is 14.8. The van der Waals surface area contributed by atoms with Gasteiger partial charge in [0.1, 0.15) is 11.2 Å². The van der Waals surface area contributed by atoms with Crippen LogP contribution in [0.15, 0.2) is 30.6 Å². The molecule has 152 valence electrons. The van der Waals surface area contributed by atoms with Gasteiger partial charge in [-0.1, -0.05) is 19.9 Å². The molecule has 2 aromatic heterocycles. The second-order valence-corrected chi connectivity index (χ2v) is 8.44. The van der Waals surface area contributed by atoms with Crippen LogP contribution in [0.2, 0.25) is 0 Å². The van der Waals surface area contributed by atoms with Gasteiger partial charge in [0.05, 0.1) is 17.5 Å². The predicted molar refractivity (Wildman–Crippen MR) is 117 cm³/mol. The molecule has 7 heteroatoms. The van der Waals surface area contributed by atoms with E-state index < -0.39 is 0 Å². The summed E-state index contributed by atoms with van der Waals surface area (Å²) in [4.78, 5) is 24.6. The highest BCUT2D eigenvalue weighted by Gasteiger charge is 2.21. The van der Waals surface area contributed by atoms with E-state index in [1.54, 1.807) is 12.4 Å². The Morgan fingerprint density at radius 1 is 1.21 bits per heavy atom. The molecule has 1 amide bonds. The van der Waals surface area contributed by atoms with Crippen molar-refractivity contribution in [1.29, 1.82) is 5.41 Å². The summed E-state index contributed by atoms with van der Waals surface area (Å²) in [6.07, 6.45) is 3.17. The van der Waals surface area contributed by atoms with Crippen molar-refractivity contribution in [3.05, 3.63) is 53.0 Å². The number of benzene rings is 1. The summed E-state index contributed by atoms with van der Waals surface area (Å²) in [6, 6.07) is 6.04. The number of rotatable bonds is 5. The Bertz CT molecular complexity index is 1070. The average Bonchev–Trinajstić information content (AvgIpc) is 3.08. The van der Waals surface area contributed by atoms with Crippen molar-refractivity contribution < 1.29 is 4.79 Å². The van der Waals surface area contributed by atoms with Crippen LogP contribution in [-0.4, -0.2) is 39.2 Å². The summed E-state index contributed by atoms with van der Waals surface area (Å²) >= 11 is 0. The molecule has 4 N–H and O–H groups in total. The third kappa shape index (κ3) is 4.29. The van der Waals surface area contributed by atoms with Gasteiger partial charge in [-0.05, 0) is 44.4 Å². The summed E-state index contributed by atoms with van der Waals surface area (Å²) in [5.41, 5.74) is 4.45. The molecule has 0 spiro atoms. The number of carbonyl (C=O) groups is 1. The zero-order valence-corrected chi connectivity index (χ0v) is 17.8. The molecule has 0 aliphatic carbocycles. The number of aromatic nitrogens is 3. The van der Waals surface area contributed by atoms with Crippen molar-refractivity contribution >= 4 is 28.5 Å². The number of nitrogens with zero attached hydrogens (tertiary/aromatic N) is 2. The van der Waals surface area contributed by atoms with Crippen LogP contribution in [0.5, 0.6) is 0 Å². The molecule has 1 aromatic carbocycles. The zero-order valence-electron chi connectivity index (χ0n) is 17.8. The molecule has 0 aliphatic heterocycles. The molecule has 7 nitrogen and oxygen atoms in total. The molecule has 0 unspecified atom stereocenters. The fraction of sp³-hybridized carbons (Fsp3) is 0.364. The van der Waals surface area contributed by atoms with Crippen LogP contribution in [0.1, 0.15) is 67.7 Å². The Hall–Kier alpha value is -3.22. The van der Waals surface area contributed by atoms with E-state index in [4.69, 9.17) is 5.41 Å². The van der Waals surface area contributed by atoms with Gasteiger partial charge in [-0.15, -0.1) is 0 Å². The lowest BCUT2D eigenvalue weighted by atomic mass is 9.96. The molecular weight excluding hydrogens is 364 g/mol. The predicted octanol–water partition coefficient (Wildman–Crippen LogP) is 4.07. The van der Waals surface area contributed by atoms with Crippen molar-refractivity contribution in [3.63, 3.8) is 0 Å². The maximum atomic E-state index is 12.6. The van der Waals surface area contributed by atoms with Crippen LogP contribution in [0, 0.1) is 5.41 Å². The summed E-state index contributed by atoms with van der Waals surface area (Å²) in [7, 11) is 1.83. The van der Waals surface area contributed by atoms with Gasteiger partial charge in [-0.25, -0.2) is 9.97 Å². The SMILES string of the molecule is CNc1ccc(C(C)C)cc1C(=N)c1cnc2[nH]cc(C(=O)NC(C)(C)C)c2n1. The first kappa shape index (κ1) is 20.5. The normalized spacial score (nSPS) is 11.7. The van der Waals surface area contributed by atoms with Crippen molar-refractivity contribution in [2.75, 3.05) is 12.4 Å². The van der Waals surface area contributed by atoms with Crippen molar-refractivity contribution in [2.24, 2.45) is 0 Å². The van der Waals surface area contributed by atoms with Crippen LogP contribution >= 0.6 is 0 Å². The standard InChI is InChI=1S/C22H28N6O/c1-12(2)13-7-8-16(24-6)14(9-13)18(23)17-11-26-20-19(27-17)15(10-25-20)21(29)28-22(3,4)5/h7-12,23-24H,1-6H3,(H,25,26)(H,28,29). The van der Waals surface area contributed by atoms with E-state index in [2.05, 4.69) is 45.5 Å². The van der Waals surface area contributed by atoms with Gasteiger partial charge in [0.15, 0.2) is 5.65 Å². The van der Waals surface area contributed by atoms with Crippen LogP contribution < -0.4 is 10.6 Å². The molecular formula is C22H28N6O. The largest absolute Gasteiger partial charge is 0.388 e. The van der Waals surface area contributed by atoms with E-state index in [9.17, 15) is 4.79 Å². The number of amides is 1. The van der Waals surface area contributed by atoms with Crippen molar-refractivity contribution in [2.45, 2.75) is 46.1 Å². The third-order valence-corrected chi connectivity index (χ3v) is 4.62. The number of carbonyl (C=O) groups excluding carboxylic acids is 1. The molecule has 0 fully saturated rings. The second-order valence-electron chi connectivity index (χ2n) is 8.44. The van der Waals surface area contributed by atoms with Crippen LogP contribution in [0.3, 0.4) is 0 Å². The van der Waals surface area contributed by atoms with Crippen LogP contribution in [-0.2, 0) is 0 Å². The first-order valence-electron chi connectivity index (χ1n) is 9.68. The van der Waals surface area contributed by atoms with E-state index in [1.165, 1.54) is 0 Å². The van der Waals surface area contributed by atoms with Gasteiger partial charge in [-0.3, -0.25) is 10.2 Å². The van der Waals surface area contributed by atoms with Crippen molar-refractivity contribution in [3.8, 4) is 0 Å². The molecule has 0 atom stereocenters. The number of hydrogen-bond acceptors (Lipinski definition) is 5. The molecule has 2 heterocycles. The molecule has 3 rings (SSSR count). The Kier molecular flexibility index (Phi) is 5.42. The first-order chi connectivity index (χ1) is 13.6. The highest BCUT2D eigenvalue weighted by Crippen LogP contribution is 2.25. The second kappa shape index (κ2) is 7.66. The molecule has 0 saturated carbocycles. The minimum Gasteiger partial charge on any atom is -0.388 e. The van der Waals surface area contributed by atoms with Crippen LogP contribution in [0.4, 0.5) is 5.69 Å². The van der Waals surface area contributed by atoms with E-state index in [-0.39, 0.29) is 17.2 Å². The fourth-order valence-electron chi connectivity index (χ4n) is 3.08. The Balaban J connectivity index is 2.05. The number of anilines is 1. The number of hydrogen-bond donors (Lipinski definition) is 4. The number of nitrogens with one attached hydrogen (secondary N) is 4. The smallest absolute Gasteiger partial charge is 0.255 e. The molecule has 0 saturated heterocycles. The van der Waals surface area contributed by atoms with E-state index in [0.717, 1.165) is 16.8 Å². The Labute approximate surface area is 170 Å². The zero-order chi connectivity index (χ0) is 21.3. The number of H-pyrrole nitrogens is 1. The molecule has 0 bridgehead atoms. The quantitative estimate of drug-likeness (QED) is 0.491. The van der Waals surface area contributed by atoms with E-state index >= 15 is 0 Å². The molecule has 0 radical (unpaired) electrons. The first-order valence-corrected chi connectivity index (χ1v) is 9.68. The highest BCUT2D eigenvalue weighted by atomic mass is 16.1. The van der Waals surface area contributed by atoms with Crippen LogP contribution in [0.25, 0.3) is 11.2 Å². The summed E-state index contributed by atoms with van der Waals surface area (Å²) in [6.45, 7) is 10.0. The fourth-order valence-corrected chi connectivity index (χ4v) is 3.08. The van der Waals surface area contributed by atoms with Gasteiger partial charge in [0.2, 0.25) is 0 Å². The van der Waals surface area contributed by atoms with Gasteiger partial charge in [0, 0.05) is 30.0 Å². The topological polar surface area (TPSA) is 107 Å². The highest BCUT2D eigenvalue weighted by molar-refractivity contribution is 6.14. The van der Waals surface area contributed by atoms with E-state index in [1.807, 2.05) is 40.0 Å². The third-order valence-electron chi connectivity index (χ3n) is 4.62. The van der Waals surface area contributed by atoms with Crippen molar-refractivity contribution in [1.82, 2.24) is 20.3 Å². The van der Waals surface area contributed by atoms with Gasteiger partial charge in [-0.2, -0.15) is 0 Å². The summed E-state index contributed by atoms with van der Waals surface area (Å²) < 4.78 is 0.